The lowest BCUT2D eigenvalue weighted by atomic mass is 10.1. The largest absolute Gasteiger partial charge is 0.378 e. The summed E-state index contributed by atoms with van der Waals surface area (Å²) in [5.41, 5.74) is -0.532. The molecule has 2 heterocycles. The average Bonchev–Trinajstić information content (AvgIpc) is 3.47. The zero-order valence-electron chi connectivity index (χ0n) is 16.4. The second-order valence-electron chi connectivity index (χ2n) is 7.51. The van der Waals surface area contributed by atoms with Gasteiger partial charge >= 0.3 is 0 Å². The van der Waals surface area contributed by atoms with Crippen molar-refractivity contribution in [1.29, 1.82) is 0 Å². The van der Waals surface area contributed by atoms with Gasteiger partial charge in [0.15, 0.2) is 17.4 Å². The minimum absolute atomic E-state index is 0.0330. The summed E-state index contributed by atoms with van der Waals surface area (Å²) in [5.74, 6) is -5.01. The number of pyridine rings is 1. The lowest BCUT2D eigenvalue weighted by Gasteiger charge is -2.19. The highest BCUT2D eigenvalue weighted by Crippen LogP contribution is 2.48. The minimum atomic E-state index is -3.43. The maximum absolute atomic E-state index is 14.4. The standard InChI is InChI=1S/C20H17F5N4O2/c1-10-26-13-8-15(30)29(20(6-7-20)18(22)23)9-11(13)17(27-10)28-31-14-5-3-4-12(16(14)21)19(2,24)25/h3-5,8-9,18H,6-7H2,1-2H3,(H,26,27,28). The van der Waals surface area contributed by atoms with Crippen molar-refractivity contribution in [3.63, 3.8) is 0 Å². The predicted molar refractivity (Wildman–Crippen MR) is 102 cm³/mol. The van der Waals surface area contributed by atoms with E-state index in [0.29, 0.717) is 6.92 Å². The van der Waals surface area contributed by atoms with Gasteiger partial charge in [-0.15, -0.1) is 0 Å². The van der Waals surface area contributed by atoms with Crippen LogP contribution in [0.15, 0.2) is 35.3 Å². The van der Waals surface area contributed by atoms with E-state index in [1.54, 1.807) is 0 Å². The molecule has 0 aliphatic heterocycles. The Balaban J connectivity index is 1.74. The summed E-state index contributed by atoms with van der Waals surface area (Å²) < 4.78 is 69.5. The summed E-state index contributed by atoms with van der Waals surface area (Å²) >= 11 is 0. The fraction of sp³-hybridized carbons (Fsp3) is 0.350. The number of nitrogens with zero attached hydrogens (tertiary/aromatic N) is 3. The van der Waals surface area contributed by atoms with E-state index in [0.717, 1.165) is 22.8 Å². The van der Waals surface area contributed by atoms with Gasteiger partial charge in [0.05, 0.1) is 16.5 Å². The van der Waals surface area contributed by atoms with Gasteiger partial charge < -0.3 is 9.40 Å². The first kappa shape index (κ1) is 21.0. The third-order valence-corrected chi connectivity index (χ3v) is 5.18. The maximum Gasteiger partial charge on any atom is 0.273 e. The first-order chi connectivity index (χ1) is 14.5. The smallest absolute Gasteiger partial charge is 0.273 e. The predicted octanol–water partition coefficient (Wildman–Crippen LogP) is 4.51. The van der Waals surface area contributed by atoms with Crippen molar-refractivity contribution < 1.29 is 26.8 Å². The first-order valence-electron chi connectivity index (χ1n) is 9.32. The van der Waals surface area contributed by atoms with E-state index in [4.69, 9.17) is 4.84 Å². The molecule has 2 aromatic heterocycles. The number of hydrogen-bond acceptors (Lipinski definition) is 5. The number of nitrogens with one attached hydrogen (secondary N) is 1. The third-order valence-electron chi connectivity index (χ3n) is 5.18. The molecular weight excluding hydrogens is 423 g/mol. The Kier molecular flexibility index (Phi) is 4.86. The molecule has 1 aliphatic carbocycles. The number of anilines is 1. The van der Waals surface area contributed by atoms with Crippen molar-refractivity contribution in [3.05, 3.63) is 58.0 Å². The lowest BCUT2D eigenvalue weighted by molar-refractivity contribution is 0.0133. The van der Waals surface area contributed by atoms with Gasteiger partial charge in [0, 0.05) is 19.2 Å². The third kappa shape index (κ3) is 3.68. The van der Waals surface area contributed by atoms with Crippen LogP contribution in [0.4, 0.5) is 27.8 Å². The number of rotatable bonds is 6. The Bertz CT molecular complexity index is 1220. The van der Waals surface area contributed by atoms with Crippen LogP contribution in [0.25, 0.3) is 10.9 Å². The van der Waals surface area contributed by atoms with Crippen molar-refractivity contribution in [1.82, 2.24) is 14.5 Å². The Morgan fingerprint density at radius 3 is 2.58 bits per heavy atom. The van der Waals surface area contributed by atoms with E-state index in [-0.39, 0.29) is 35.4 Å². The molecule has 0 unspecified atom stereocenters. The second kappa shape index (κ2) is 7.17. The molecule has 0 spiro atoms. The molecule has 4 rings (SSSR count). The van der Waals surface area contributed by atoms with Gasteiger partial charge in [-0.05, 0) is 31.9 Å². The molecule has 3 aromatic rings. The fourth-order valence-corrected chi connectivity index (χ4v) is 3.37. The van der Waals surface area contributed by atoms with E-state index in [2.05, 4.69) is 15.4 Å². The van der Waals surface area contributed by atoms with E-state index in [9.17, 15) is 26.7 Å². The van der Waals surface area contributed by atoms with Crippen molar-refractivity contribution in [2.75, 3.05) is 5.48 Å². The first-order valence-corrected chi connectivity index (χ1v) is 9.32. The van der Waals surface area contributed by atoms with E-state index in [1.807, 2.05) is 0 Å². The molecule has 1 saturated carbocycles. The molecular formula is C20H17F5N4O2. The molecule has 1 aromatic carbocycles. The molecule has 0 radical (unpaired) electrons. The molecule has 0 bridgehead atoms. The number of aryl methyl sites for hydroxylation is 1. The summed E-state index contributed by atoms with van der Waals surface area (Å²) in [6, 6.07) is 4.38. The number of halogens is 5. The SMILES string of the molecule is Cc1nc(NOc2cccc(C(C)(F)F)c2F)c2cn(C3(C(F)F)CC3)c(=O)cc2n1. The summed E-state index contributed by atoms with van der Waals surface area (Å²) in [6.45, 7) is 2.08. The minimum Gasteiger partial charge on any atom is -0.378 e. The second-order valence-corrected chi connectivity index (χ2v) is 7.51. The number of benzene rings is 1. The van der Waals surface area contributed by atoms with Gasteiger partial charge in [-0.3, -0.25) is 4.79 Å². The Hall–Kier alpha value is -3.24. The van der Waals surface area contributed by atoms with Gasteiger partial charge in [0.25, 0.3) is 17.9 Å². The molecule has 11 heteroatoms. The molecule has 6 nitrogen and oxygen atoms in total. The number of hydrogen-bond donors (Lipinski definition) is 1. The topological polar surface area (TPSA) is 69.0 Å². The number of fused-ring (bicyclic) bond motifs is 1. The van der Waals surface area contributed by atoms with Crippen molar-refractivity contribution in [2.24, 2.45) is 0 Å². The van der Waals surface area contributed by atoms with E-state index in [1.165, 1.54) is 19.2 Å². The van der Waals surface area contributed by atoms with Crippen LogP contribution in [0.1, 0.15) is 31.2 Å². The van der Waals surface area contributed by atoms with Crippen LogP contribution in [0.2, 0.25) is 0 Å². The van der Waals surface area contributed by atoms with Gasteiger partial charge in [-0.2, -0.15) is 0 Å². The van der Waals surface area contributed by atoms with Gasteiger partial charge in [-0.1, -0.05) is 6.07 Å². The maximum atomic E-state index is 14.4. The molecule has 31 heavy (non-hydrogen) atoms. The molecule has 1 N–H and O–H groups in total. The fourth-order valence-electron chi connectivity index (χ4n) is 3.37. The molecule has 0 atom stereocenters. The van der Waals surface area contributed by atoms with E-state index < -0.39 is 40.6 Å². The van der Waals surface area contributed by atoms with Crippen LogP contribution >= 0.6 is 0 Å². The van der Waals surface area contributed by atoms with Crippen LogP contribution in [0.3, 0.4) is 0 Å². The van der Waals surface area contributed by atoms with Gasteiger partial charge in [-0.25, -0.2) is 37.4 Å². The Morgan fingerprint density at radius 1 is 1.26 bits per heavy atom. The lowest BCUT2D eigenvalue weighted by Crippen LogP contribution is -2.35. The summed E-state index contributed by atoms with van der Waals surface area (Å²) in [7, 11) is 0. The summed E-state index contributed by atoms with van der Waals surface area (Å²) in [5, 5.41) is 0.175. The Labute approximate surface area is 172 Å². The van der Waals surface area contributed by atoms with Crippen molar-refractivity contribution in [3.8, 4) is 5.75 Å². The molecule has 0 saturated heterocycles. The Morgan fingerprint density at radius 2 is 1.97 bits per heavy atom. The monoisotopic (exact) mass is 440 g/mol. The van der Waals surface area contributed by atoms with E-state index >= 15 is 0 Å². The summed E-state index contributed by atoms with van der Waals surface area (Å²) in [4.78, 5) is 25.8. The van der Waals surface area contributed by atoms with Crippen molar-refractivity contribution >= 4 is 16.7 Å². The van der Waals surface area contributed by atoms with Crippen LogP contribution < -0.4 is 15.9 Å². The van der Waals surface area contributed by atoms with Crippen LogP contribution in [-0.4, -0.2) is 21.0 Å². The van der Waals surface area contributed by atoms with Crippen molar-refractivity contribution in [2.45, 2.75) is 44.6 Å². The molecule has 1 fully saturated rings. The normalized spacial score (nSPS) is 15.4. The zero-order chi connectivity index (χ0) is 22.6. The highest BCUT2D eigenvalue weighted by molar-refractivity contribution is 5.88. The molecule has 164 valence electrons. The molecule has 1 aliphatic rings. The number of alkyl halides is 4. The average molecular weight is 440 g/mol. The zero-order valence-corrected chi connectivity index (χ0v) is 16.4. The quantitative estimate of drug-likeness (QED) is 0.451. The summed E-state index contributed by atoms with van der Waals surface area (Å²) in [6.07, 6.45) is -1.25. The number of aromatic nitrogens is 3. The van der Waals surface area contributed by atoms with Crippen LogP contribution in [0, 0.1) is 12.7 Å². The highest BCUT2D eigenvalue weighted by Gasteiger charge is 2.53. The van der Waals surface area contributed by atoms with Crippen LogP contribution in [0.5, 0.6) is 5.75 Å². The molecule has 0 amide bonds. The van der Waals surface area contributed by atoms with Crippen LogP contribution in [-0.2, 0) is 11.5 Å². The van der Waals surface area contributed by atoms with Gasteiger partial charge in [0.1, 0.15) is 11.4 Å². The highest BCUT2D eigenvalue weighted by atomic mass is 19.3. The van der Waals surface area contributed by atoms with Gasteiger partial charge in [0.2, 0.25) is 0 Å².